The zero-order chi connectivity index (χ0) is 24.1. The lowest BCUT2D eigenvalue weighted by molar-refractivity contribution is -0.116. The predicted octanol–water partition coefficient (Wildman–Crippen LogP) is 4.86. The van der Waals surface area contributed by atoms with E-state index in [-0.39, 0.29) is 17.1 Å². The Labute approximate surface area is 203 Å². The van der Waals surface area contributed by atoms with Gasteiger partial charge in [-0.1, -0.05) is 23.7 Å². The summed E-state index contributed by atoms with van der Waals surface area (Å²) in [5.41, 5.74) is 2.89. The van der Waals surface area contributed by atoms with E-state index >= 15 is 0 Å². The van der Waals surface area contributed by atoms with Crippen LogP contribution in [0.1, 0.15) is 29.7 Å². The number of rotatable bonds is 7. The number of methoxy groups -OCH3 is 1. The van der Waals surface area contributed by atoms with E-state index in [1.165, 1.54) is 22.9 Å². The number of carbonyl (C=O) groups excluding carboxylic acids is 1. The number of nitrogens with zero attached hydrogens (tertiary/aromatic N) is 2. The van der Waals surface area contributed by atoms with Crippen LogP contribution in [0.15, 0.2) is 54.6 Å². The molecule has 34 heavy (non-hydrogen) atoms. The summed E-state index contributed by atoms with van der Waals surface area (Å²) >= 11 is 6.51. The molecule has 0 radical (unpaired) electrons. The summed E-state index contributed by atoms with van der Waals surface area (Å²) < 4.78 is 25.6. The Hall–Kier alpha value is -3.16. The summed E-state index contributed by atoms with van der Waals surface area (Å²) in [5.74, 6) is 0.244. The smallest absolute Gasteiger partial charge is 0.244 e. The molecule has 0 aliphatic carbocycles. The molecule has 1 aliphatic heterocycles. The van der Waals surface area contributed by atoms with E-state index < -0.39 is 0 Å². The molecule has 8 heteroatoms. The number of carbonyl (C=O) groups is 1. The maximum atomic E-state index is 13.2. The Kier molecular flexibility index (Phi) is 7.34. The molecule has 4 rings (SSSR count). The number of nitrogens with one attached hydrogen (secondary N) is 1. The van der Waals surface area contributed by atoms with Crippen molar-refractivity contribution < 1.29 is 18.7 Å². The lowest BCUT2D eigenvalue weighted by Gasteiger charge is -2.38. The van der Waals surface area contributed by atoms with Crippen LogP contribution in [0.2, 0.25) is 5.15 Å². The molecular weight excluding hydrogens is 457 g/mol. The van der Waals surface area contributed by atoms with E-state index in [2.05, 4.69) is 22.5 Å². The number of aryl methyl sites for hydroxylation is 1. The second-order valence-corrected chi connectivity index (χ2v) is 8.71. The average Bonchev–Trinajstić information content (AvgIpc) is 3.15. The quantitative estimate of drug-likeness (QED) is 0.487. The summed E-state index contributed by atoms with van der Waals surface area (Å²) in [7, 11) is 1.64. The molecule has 1 fully saturated rings. The molecule has 0 spiro atoms. The van der Waals surface area contributed by atoms with Crippen molar-refractivity contribution in [2.24, 2.45) is 0 Å². The van der Waals surface area contributed by atoms with Gasteiger partial charge in [0.1, 0.15) is 16.7 Å². The van der Waals surface area contributed by atoms with Gasteiger partial charge >= 0.3 is 0 Å². The van der Waals surface area contributed by atoms with Gasteiger partial charge in [0.15, 0.2) is 0 Å². The molecule has 2 heterocycles. The fourth-order valence-corrected chi connectivity index (χ4v) is 4.54. The van der Waals surface area contributed by atoms with Crippen molar-refractivity contribution in [1.29, 1.82) is 0 Å². The second-order valence-electron chi connectivity index (χ2n) is 8.35. The van der Waals surface area contributed by atoms with Gasteiger partial charge in [-0.3, -0.25) is 4.79 Å². The van der Waals surface area contributed by atoms with Crippen LogP contribution in [0.3, 0.4) is 0 Å². The van der Waals surface area contributed by atoms with Crippen LogP contribution in [-0.4, -0.2) is 42.6 Å². The zero-order valence-electron chi connectivity index (χ0n) is 19.2. The highest BCUT2D eigenvalue weighted by atomic mass is 35.5. The van der Waals surface area contributed by atoms with Crippen LogP contribution in [-0.2, 0) is 14.9 Å². The SMILES string of the molecule is COc1ccc(C2(CNC(=O)/C=C/c3c(C)nn(-c4ccc(F)cc4)c3Cl)CCOCC2)cc1. The van der Waals surface area contributed by atoms with Crippen molar-refractivity contribution in [3.63, 3.8) is 0 Å². The third kappa shape index (κ3) is 5.16. The summed E-state index contributed by atoms with van der Waals surface area (Å²) in [6, 6.07) is 13.9. The van der Waals surface area contributed by atoms with Crippen LogP contribution in [0.25, 0.3) is 11.8 Å². The molecule has 6 nitrogen and oxygen atoms in total. The van der Waals surface area contributed by atoms with Crippen molar-refractivity contribution in [1.82, 2.24) is 15.1 Å². The normalized spacial score (nSPS) is 15.4. The number of hydrogen-bond donors (Lipinski definition) is 1. The molecule has 0 saturated carbocycles. The molecule has 0 atom stereocenters. The fourth-order valence-electron chi connectivity index (χ4n) is 4.20. The summed E-state index contributed by atoms with van der Waals surface area (Å²) in [4.78, 5) is 12.7. The standard InChI is InChI=1S/C26H27ClFN3O3/c1-18-23(25(27)31(30-18)21-7-5-20(28)6-8-21)11-12-24(32)29-17-26(13-15-34-16-14-26)19-3-9-22(33-2)10-4-19/h3-12H,13-17H2,1-2H3,(H,29,32)/b12-11+. The molecule has 0 unspecified atom stereocenters. The number of aromatic nitrogens is 2. The Morgan fingerprint density at radius 2 is 1.88 bits per heavy atom. The van der Waals surface area contributed by atoms with E-state index in [4.69, 9.17) is 21.1 Å². The Morgan fingerprint density at radius 1 is 1.21 bits per heavy atom. The van der Waals surface area contributed by atoms with Gasteiger partial charge in [-0.25, -0.2) is 9.07 Å². The fraction of sp³-hybridized carbons (Fsp3) is 0.308. The molecule has 1 amide bonds. The van der Waals surface area contributed by atoms with Gasteiger partial charge in [0.2, 0.25) is 5.91 Å². The molecule has 2 aromatic carbocycles. The lowest BCUT2D eigenvalue weighted by atomic mass is 9.74. The molecule has 0 bridgehead atoms. The first-order chi connectivity index (χ1) is 16.4. The second kappa shape index (κ2) is 10.4. The first-order valence-electron chi connectivity index (χ1n) is 11.1. The van der Waals surface area contributed by atoms with Crippen LogP contribution in [0, 0.1) is 12.7 Å². The Balaban J connectivity index is 1.47. The van der Waals surface area contributed by atoms with Gasteiger partial charge < -0.3 is 14.8 Å². The molecular formula is C26H27ClFN3O3. The topological polar surface area (TPSA) is 65.4 Å². The average molecular weight is 484 g/mol. The number of ether oxygens (including phenoxy) is 2. The molecule has 1 N–H and O–H groups in total. The third-order valence-corrected chi connectivity index (χ3v) is 6.64. The molecule has 1 saturated heterocycles. The van der Waals surface area contributed by atoms with Crippen LogP contribution >= 0.6 is 11.6 Å². The first kappa shape index (κ1) is 24.0. The summed E-state index contributed by atoms with van der Waals surface area (Å²) in [5, 5.41) is 7.83. The van der Waals surface area contributed by atoms with Crippen molar-refractivity contribution in [2.45, 2.75) is 25.2 Å². The minimum Gasteiger partial charge on any atom is -0.497 e. The highest BCUT2D eigenvalue weighted by Gasteiger charge is 2.34. The van der Waals surface area contributed by atoms with Gasteiger partial charge in [0.25, 0.3) is 0 Å². The van der Waals surface area contributed by atoms with E-state index in [1.54, 1.807) is 25.3 Å². The number of benzene rings is 2. The molecule has 1 aromatic heterocycles. The summed E-state index contributed by atoms with van der Waals surface area (Å²) in [6.07, 6.45) is 4.76. The maximum absolute atomic E-state index is 13.2. The van der Waals surface area contributed by atoms with Crippen molar-refractivity contribution in [3.05, 3.63) is 82.4 Å². The van der Waals surface area contributed by atoms with Crippen molar-refractivity contribution in [2.75, 3.05) is 26.9 Å². The van der Waals surface area contributed by atoms with Crippen LogP contribution in [0.4, 0.5) is 4.39 Å². The van der Waals surface area contributed by atoms with E-state index in [0.717, 1.165) is 24.2 Å². The Bertz CT molecular complexity index is 1170. The van der Waals surface area contributed by atoms with Gasteiger partial charge in [0.05, 0.1) is 18.5 Å². The van der Waals surface area contributed by atoms with Crippen LogP contribution < -0.4 is 10.1 Å². The predicted molar refractivity (Wildman–Crippen MR) is 130 cm³/mol. The minimum absolute atomic E-state index is 0.199. The molecule has 178 valence electrons. The first-order valence-corrected chi connectivity index (χ1v) is 11.5. The largest absolute Gasteiger partial charge is 0.497 e. The number of halogens is 2. The van der Waals surface area contributed by atoms with Gasteiger partial charge in [-0.2, -0.15) is 5.10 Å². The maximum Gasteiger partial charge on any atom is 0.244 e. The van der Waals surface area contributed by atoms with Crippen molar-refractivity contribution in [3.8, 4) is 11.4 Å². The number of amides is 1. The van der Waals surface area contributed by atoms with E-state index in [9.17, 15) is 9.18 Å². The minimum atomic E-state index is -0.336. The Morgan fingerprint density at radius 3 is 2.53 bits per heavy atom. The van der Waals surface area contributed by atoms with Gasteiger partial charge in [-0.05, 0) is 67.8 Å². The lowest BCUT2D eigenvalue weighted by Crippen LogP contribution is -2.44. The van der Waals surface area contributed by atoms with Crippen LogP contribution in [0.5, 0.6) is 5.75 Å². The summed E-state index contributed by atoms with van der Waals surface area (Å²) in [6.45, 7) is 3.60. The van der Waals surface area contributed by atoms with E-state index in [1.807, 2.05) is 19.1 Å². The van der Waals surface area contributed by atoms with Crippen molar-refractivity contribution >= 4 is 23.6 Å². The monoisotopic (exact) mass is 483 g/mol. The van der Waals surface area contributed by atoms with E-state index in [0.29, 0.717) is 41.9 Å². The molecule has 3 aromatic rings. The zero-order valence-corrected chi connectivity index (χ0v) is 19.9. The highest BCUT2D eigenvalue weighted by Crippen LogP contribution is 2.35. The van der Waals surface area contributed by atoms with Gasteiger partial charge in [-0.15, -0.1) is 0 Å². The number of hydrogen-bond acceptors (Lipinski definition) is 4. The molecule has 1 aliphatic rings. The highest BCUT2D eigenvalue weighted by molar-refractivity contribution is 6.31. The third-order valence-electron chi connectivity index (χ3n) is 6.27. The van der Waals surface area contributed by atoms with Gasteiger partial charge in [0, 0.05) is 36.8 Å².